The zero-order valence-corrected chi connectivity index (χ0v) is 13.0. The standard InChI is InChI=1S/C16H16N2O5/c1-21-13-8-14(22-2)12(7-11(13)16(20)23-3)18-15(19)10-5-4-6-17-9-10/h4-9H,1-3H3,(H,18,19). The third-order valence-electron chi connectivity index (χ3n) is 3.10. The summed E-state index contributed by atoms with van der Waals surface area (Å²) in [4.78, 5) is 28.0. The number of benzene rings is 1. The minimum atomic E-state index is -0.582. The van der Waals surface area contributed by atoms with E-state index in [2.05, 4.69) is 10.3 Å². The Morgan fingerprint density at radius 1 is 1.09 bits per heavy atom. The summed E-state index contributed by atoms with van der Waals surface area (Å²) in [6.45, 7) is 0. The lowest BCUT2D eigenvalue weighted by Crippen LogP contribution is -2.14. The summed E-state index contributed by atoms with van der Waals surface area (Å²) in [5, 5.41) is 2.68. The zero-order chi connectivity index (χ0) is 16.8. The molecule has 1 aromatic heterocycles. The van der Waals surface area contributed by atoms with Gasteiger partial charge in [-0.25, -0.2) is 4.79 Å². The van der Waals surface area contributed by atoms with Crippen LogP contribution in [0.25, 0.3) is 0 Å². The molecular formula is C16H16N2O5. The van der Waals surface area contributed by atoms with E-state index in [4.69, 9.17) is 14.2 Å². The number of aromatic nitrogens is 1. The summed E-state index contributed by atoms with van der Waals surface area (Å²) >= 11 is 0. The van der Waals surface area contributed by atoms with E-state index in [-0.39, 0.29) is 17.2 Å². The summed E-state index contributed by atoms with van der Waals surface area (Å²) in [6.07, 6.45) is 3.01. The lowest BCUT2D eigenvalue weighted by Gasteiger charge is -2.14. The highest BCUT2D eigenvalue weighted by Crippen LogP contribution is 2.33. The minimum absolute atomic E-state index is 0.178. The van der Waals surface area contributed by atoms with Crippen molar-refractivity contribution < 1.29 is 23.8 Å². The normalized spacial score (nSPS) is 9.87. The maximum absolute atomic E-state index is 12.2. The number of esters is 1. The number of carbonyl (C=O) groups excluding carboxylic acids is 2. The molecule has 0 unspecified atom stereocenters. The molecule has 1 heterocycles. The number of amides is 1. The molecular weight excluding hydrogens is 300 g/mol. The number of hydrogen-bond acceptors (Lipinski definition) is 6. The Hall–Kier alpha value is -3.09. The lowest BCUT2D eigenvalue weighted by atomic mass is 10.1. The molecule has 23 heavy (non-hydrogen) atoms. The molecule has 0 spiro atoms. The first-order chi connectivity index (χ1) is 11.1. The molecule has 1 N–H and O–H groups in total. The van der Waals surface area contributed by atoms with Crippen LogP contribution in [0.4, 0.5) is 5.69 Å². The molecule has 0 radical (unpaired) electrons. The fraction of sp³-hybridized carbons (Fsp3) is 0.188. The van der Waals surface area contributed by atoms with Crippen LogP contribution in [0.2, 0.25) is 0 Å². The molecule has 7 heteroatoms. The average molecular weight is 316 g/mol. The van der Waals surface area contributed by atoms with Crippen LogP contribution in [0, 0.1) is 0 Å². The highest BCUT2D eigenvalue weighted by molar-refractivity contribution is 6.06. The number of rotatable bonds is 5. The van der Waals surface area contributed by atoms with Crippen molar-refractivity contribution in [2.45, 2.75) is 0 Å². The number of ether oxygens (including phenoxy) is 3. The minimum Gasteiger partial charge on any atom is -0.496 e. The van der Waals surface area contributed by atoms with Gasteiger partial charge in [-0.1, -0.05) is 0 Å². The van der Waals surface area contributed by atoms with Gasteiger partial charge in [0.1, 0.15) is 17.1 Å². The van der Waals surface area contributed by atoms with E-state index in [0.717, 1.165) is 0 Å². The SMILES string of the molecule is COC(=O)c1cc(NC(=O)c2cccnc2)c(OC)cc1OC. The molecule has 1 aromatic carbocycles. The smallest absolute Gasteiger partial charge is 0.341 e. The van der Waals surface area contributed by atoms with Gasteiger partial charge in [-0.05, 0) is 18.2 Å². The Morgan fingerprint density at radius 2 is 1.83 bits per heavy atom. The van der Waals surface area contributed by atoms with E-state index >= 15 is 0 Å². The van der Waals surface area contributed by atoms with Crippen molar-refractivity contribution in [3.05, 3.63) is 47.8 Å². The molecule has 1 amide bonds. The van der Waals surface area contributed by atoms with Crippen molar-refractivity contribution >= 4 is 17.6 Å². The Kier molecular flexibility index (Phi) is 5.14. The lowest BCUT2D eigenvalue weighted by molar-refractivity contribution is 0.0597. The number of nitrogens with one attached hydrogen (secondary N) is 1. The van der Waals surface area contributed by atoms with Crippen LogP contribution in [-0.4, -0.2) is 38.2 Å². The van der Waals surface area contributed by atoms with E-state index in [1.54, 1.807) is 18.3 Å². The molecule has 0 aliphatic heterocycles. The highest BCUT2D eigenvalue weighted by Gasteiger charge is 2.19. The summed E-state index contributed by atoms with van der Waals surface area (Å²) in [6, 6.07) is 6.22. The van der Waals surface area contributed by atoms with Crippen molar-refractivity contribution in [3.63, 3.8) is 0 Å². The molecule has 2 aromatic rings. The second kappa shape index (κ2) is 7.26. The average Bonchev–Trinajstić information content (AvgIpc) is 2.61. The van der Waals surface area contributed by atoms with Crippen LogP contribution in [-0.2, 0) is 4.74 Å². The van der Waals surface area contributed by atoms with Gasteiger partial charge in [0.2, 0.25) is 0 Å². The van der Waals surface area contributed by atoms with Gasteiger partial charge in [-0.15, -0.1) is 0 Å². The molecule has 0 atom stereocenters. The van der Waals surface area contributed by atoms with Crippen molar-refractivity contribution in [2.24, 2.45) is 0 Å². The van der Waals surface area contributed by atoms with Gasteiger partial charge in [0, 0.05) is 18.5 Å². The molecule has 2 rings (SSSR count). The van der Waals surface area contributed by atoms with Gasteiger partial charge in [0.05, 0.1) is 32.6 Å². The largest absolute Gasteiger partial charge is 0.496 e. The molecule has 0 aliphatic carbocycles. The van der Waals surface area contributed by atoms with Crippen LogP contribution >= 0.6 is 0 Å². The number of nitrogens with zero attached hydrogens (tertiary/aromatic N) is 1. The monoisotopic (exact) mass is 316 g/mol. The summed E-state index contributed by atoms with van der Waals surface area (Å²) in [5.41, 5.74) is 0.879. The molecule has 0 fully saturated rings. The van der Waals surface area contributed by atoms with Crippen molar-refractivity contribution in [3.8, 4) is 11.5 Å². The number of carbonyl (C=O) groups is 2. The maximum Gasteiger partial charge on any atom is 0.341 e. The van der Waals surface area contributed by atoms with E-state index < -0.39 is 5.97 Å². The van der Waals surface area contributed by atoms with Gasteiger partial charge in [-0.3, -0.25) is 9.78 Å². The van der Waals surface area contributed by atoms with Gasteiger partial charge in [0.15, 0.2) is 0 Å². The first-order valence-electron chi connectivity index (χ1n) is 6.66. The second-order valence-corrected chi connectivity index (χ2v) is 4.44. The van der Waals surface area contributed by atoms with E-state index in [1.165, 1.54) is 39.7 Å². The van der Waals surface area contributed by atoms with Gasteiger partial charge in [-0.2, -0.15) is 0 Å². The maximum atomic E-state index is 12.2. The Labute approximate surface area is 133 Å². The third-order valence-corrected chi connectivity index (χ3v) is 3.10. The Bertz CT molecular complexity index is 716. The highest BCUT2D eigenvalue weighted by atomic mass is 16.5. The van der Waals surface area contributed by atoms with Crippen LogP contribution < -0.4 is 14.8 Å². The van der Waals surface area contributed by atoms with Crippen LogP contribution in [0.15, 0.2) is 36.7 Å². The number of hydrogen-bond donors (Lipinski definition) is 1. The summed E-state index contributed by atoms with van der Waals surface area (Å²) in [5.74, 6) is -0.321. The molecule has 120 valence electrons. The third kappa shape index (κ3) is 3.57. The number of methoxy groups -OCH3 is 3. The van der Waals surface area contributed by atoms with E-state index in [1.807, 2.05) is 0 Å². The summed E-state index contributed by atoms with van der Waals surface area (Å²) in [7, 11) is 4.14. The quantitative estimate of drug-likeness (QED) is 0.850. The predicted octanol–water partition coefficient (Wildman–Crippen LogP) is 2.14. The molecule has 0 saturated carbocycles. The Balaban J connectivity index is 2.40. The Morgan fingerprint density at radius 3 is 2.39 bits per heavy atom. The first kappa shape index (κ1) is 16.3. The molecule has 0 bridgehead atoms. The van der Waals surface area contributed by atoms with E-state index in [0.29, 0.717) is 17.0 Å². The van der Waals surface area contributed by atoms with E-state index in [9.17, 15) is 9.59 Å². The van der Waals surface area contributed by atoms with Crippen LogP contribution in [0.5, 0.6) is 11.5 Å². The van der Waals surface area contributed by atoms with Gasteiger partial charge >= 0.3 is 5.97 Å². The zero-order valence-electron chi connectivity index (χ0n) is 13.0. The van der Waals surface area contributed by atoms with Crippen molar-refractivity contribution in [1.29, 1.82) is 0 Å². The van der Waals surface area contributed by atoms with Gasteiger partial charge < -0.3 is 19.5 Å². The fourth-order valence-corrected chi connectivity index (χ4v) is 1.96. The summed E-state index contributed by atoms with van der Waals surface area (Å²) < 4.78 is 15.1. The molecule has 0 aliphatic rings. The fourth-order valence-electron chi connectivity index (χ4n) is 1.96. The van der Waals surface area contributed by atoms with Crippen molar-refractivity contribution in [2.75, 3.05) is 26.6 Å². The molecule has 7 nitrogen and oxygen atoms in total. The number of pyridine rings is 1. The predicted molar refractivity (Wildman–Crippen MR) is 83.1 cm³/mol. The topological polar surface area (TPSA) is 86.8 Å². The first-order valence-corrected chi connectivity index (χ1v) is 6.66. The van der Waals surface area contributed by atoms with Crippen molar-refractivity contribution in [1.82, 2.24) is 4.98 Å². The second-order valence-electron chi connectivity index (χ2n) is 4.44. The number of anilines is 1. The van der Waals surface area contributed by atoms with Gasteiger partial charge in [0.25, 0.3) is 5.91 Å². The molecule has 0 saturated heterocycles. The van der Waals surface area contributed by atoms with Crippen LogP contribution in [0.3, 0.4) is 0 Å². The van der Waals surface area contributed by atoms with Crippen LogP contribution in [0.1, 0.15) is 20.7 Å².